The standard InChI is InChI=1S/C30H24O/c31-15-7-14-24-22-12-5-6-13-23(22)29-26-16-18-8-1-3-10-20(18)27(26)25-17-19-9-2-4-11-21(19)28(25)30(24)29/h1-6,8-13,24,31H,7,14-17H2. The highest BCUT2D eigenvalue weighted by atomic mass is 16.2. The van der Waals surface area contributed by atoms with Crippen molar-refractivity contribution in [1.29, 1.82) is 0 Å². The molecule has 1 N–H and O–H groups in total. The molecule has 0 aromatic heterocycles. The largest absolute Gasteiger partial charge is 0.396 e. The summed E-state index contributed by atoms with van der Waals surface area (Å²) in [6.07, 6.45) is 3.89. The van der Waals surface area contributed by atoms with E-state index in [4.69, 9.17) is 0 Å². The summed E-state index contributed by atoms with van der Waals surface area (Å²) in [5.74, 6) is 0.368. The second-order valence-electron chi connectivity index (χ2n) is 9.17. The van der Waals surface area contributed by atoms with Crippen LogP contribution in [0.3, 0.4) is 0 Å². The van der Waals surface area contributed by atoms with E-state index in [1.165, 1.54) is 66.8 Å². The molecule has 0 heterocycles. The molecule has 7 rings (SSSR count). The van der Waals surface area contributed by atoms with Gasteiger partial charge in [-0.05, 0) is 92.4 Å². The normalized spacial score (nSPS) is 16.4. The van der Waals surface area contributed by atoms with Crippen molar-refractivity contribution in [2.45, 2.75) is 31.6 Å². The highest BCUT2D eigenvalue weighted by Crippen LogP contribution is 2.60. The molecule has 0 bridgehead atoms. The lowest BCUT2D eigenvalue weighted by molar-refractivity contribution is 0.282. The zero-order valence-electron chi connectivity index (χ0n) is 17.5. The fourth-order valence-corrected chi connectivity index (χ4v) is 6.52. The Balaban J connectivity index is 1.62. The van der Waals surface area contributed by atoms with Crippen LogP contribution in [0.5, 0.6) is 0 Å². The van der Waals surface area contributed by atoms with Gasteiger partial charge in [0.15, 0.2) is 0 Å². The first kappa shape index (κ1) is 17.5. The number of benzene rings is 4. The molecule has 150 valence electrons. The van der Waals surface area contributed by atoms with Crippen molar-refractivity contribution in [2.75, 3.05) is 6.61 Å². The summed E-state index contributed by atoms with van der Waals surface area (Å²) in [5, 5.41) is 9.65. The van der Waals surface area contributed by atoms with Crippen molar-refractivity contribution < 1.29 is 5.11 Å². The Labute approximate surface area is 183 Å². The summed E-state index contributed by atoms with van der Waals surface area (Å²) in [6.45, 7) is 0.253. The molecular weight excluding hydrogens is 376 g/mol. The Morgan fingerprint density at radius 2 is 1.19 bits per heavy atom. The molecule has 1 atom stereocenters. The van der Waals surface area contributed by atoms with Crippen LogP contribution >= 0.6 is 0 Å². The zero-order valence-corrected chi connectivity index (χ0v) is 17.5. The molecule has 1 nitrogen and oxygen atoms in total. The van der Waals surface area contributed by atoms with Crippen LogP contribution < -0.4 is 0 Å². The van der Waals surface area contributed by atoms with Gasteiger partial charge >= 0.3 is 0 Å². The predicted octanol–water partition coefficient (Wildman–Crippen LogP) is 6.71. The van der Waals surface area contributed by atoms with Crippen molar-refractivity contribution in [2.24, 2.45) is 0 Å². The van der Waals surface area contributed by atoms with E-state index in [-0.39, 0.29) is 6.61 Å². The van der Waals surface area contributed by atoms with Gasteiger partial charge in [-0.1, -0.05) is 72.8 Å². The molecule has 4 aromatic carbocycles. The fraction of sp³-hybridized carbons (Fsp3) is 0.200. The fourth-order valence-electron chi connectivity index (χ4n) is 6.52. The average molecular weight is 401 g/mol. The summed E-state index contributed by atoms with van der Waals surface area (Å²) in [5.41, 5.74) is 17.7. The first-order valence-corrected chi connectivity index (χ1v) is 11.4. The number of aliphatic hydroxyl groups excluding tert-OH is 1. The number of rotatable bonds is 3. The quantitative estimate of drug-likeness (QED) is 0.350. The van der Waals surface area contributed by atoms with E-state index >= 15 is 0 Å². The van der Waals surface area contributed by atoms with Crippen LogP contribution in [0.25, 0.3) is 33.4 Å². The molecule has 0 saturated heterocycles. The van der Waals surface area contributed by atoms with Crippen molar-refractivity contribution >= 4 is 0 Å². The number of fused-ring (bicyclic) bond motifs is 12. The maximum Gasteiger partial charge on any atom is 0.0431 e. The van der Waals surface area contributed by atoms with Gasteiger partial charge in [0.2, 0.25) is 0 Å². The number of aliphatic hydroxyl groups is 1. The molecule has 0 fully saturated rings. The minimum Gasteiger partial charge on any atom is -0.396 e. The Morgan fingerprint density at radius 3 is 1.87 bits per heavy atom. The van der Waals surface area contributed by atoms with Gasteiger partial charge in [0, 0.05) is 12.5 Å². The van der Waals surface area contributed by atoms with Crippen molar-refractivity contribution in [3.05, 3.63) is 106 Å². The maximum absolute atomic E-state index is 9.65. The molecule has 0 aliphatic heterocycles. The molecule has 3 aliphatic carbocycles. The van der Waals surface area contributed by atoms with Crippen molar-refractivity contribution in [3.8, 4) is 33.4 Å². The van der Waals surface area contributed by atoms with E-state index in [9.17, 15) is 5.11 Å². The second kappa shape index (κ2) is 6.42. The molecule has 0 saturated carbocycles. The highest BCUT2D eigenvalue weighted by Gasteiger charge is 2.40. The first-order valence-electron chi connectivity index (χ1n) is 11.4. The Bertz CT molecular complexity index is 1350. The monoisotopic (exact) mass is 400 g/mol. The second-order valence-corrected chi connectivity index (χ2v) is 9.17. The Kier molecular flexibility index (Phi) is 3.63. The summed E-state index contributed by atoms with van der Waals surface area (Å²) in [7, 11) is 0. The molecule has 0 amide bonds. The summed E-state index contributed by atoms with van der Waals surface area (Å²) in [4.78, 5) is 0. The smallest absolute Gasteiger partial charge is 0.0431 e. The lowest BCUT2D eigenvalue weighted by Crippen LogP contribution is -2.03. The third-order valence-electron chi connectivity index (χ3n) is 7.66. The maximum atomic E-state index is 9.65. The lowest BCUT2D eigenvalue weighted by Gasteiger charge is -2.21. The third-order valence-corrected chi connectivity index (χ3v) is 7.66. The number of hydrogen-bond acceptors (Lipinski definition) is 1. The summed E-state index contributed by atoms with van der Waals surface area (Å²) >= 11 is 0. The SMILES string of the molecule is OCCCC1c2ccccc2-c2c3c(c4c(c21)-c1ccccc1C4)-c1ccccc1C3. The third kappa shape index (κ3) is 2.25. The van der Waals surface area contributed by atoms with Gasteiger partial charge in [-0.2, -0.15) is 0 Å². The van der Waals surface area contributed by atoms with Crippen LogP contribution in [0, 0.1) is 0 Å². The van der Waals surface area contributed by atoms with Crippen molar-refractivity contribution in [3.63, 3.8) is 0 Å². The van der Waals surface area contributed by atoms with E-state index in [1.807, 2.05) is 0 Å². The molecular formula is C30H24O. The predicted molar refractivity (Wildman–Crippen MR) is 127 cm³/mol. The van der Waals surface area contributed by atoms with E-state index in [0.717, 1.165) is 25.7 Å². The van der Waals surface area contributed by atoms with Crippen LogP contribution in [-0.2, 0) is 12.8 Å². The topological polar surface area (TPSA) is 20.2 Å². The van der Waals surface area contributed by atoms with Crippen molar-refractivity contribution in [1.82, 2.24) is 0 Å². The molecule has 1 unspecified atom stereocenters. The van der Waals surface area contributed by atoms with E-state index in [0.29, 0.717) is 5.92 Å². The molecule has 0 radical (unpaired) electrons. The molecule has 3 aliphatic rings. The van der Waals surface area contributed by atoms with E-state index in [1.54, 1.807) is 0 Å². The van der Waals surface area contributed by atoms with E-state index < -0.39 is 0 Å². The lowest BCUT2D eigenvalue weighted by atomic mass is 9.82. The summed E-state index contributed by atoms with van der Waals surface area (Å²) < 4.78 is 0. The minimum atomic E-state index is 0.253. The van der Waals surface area contributed by atoms with Gasteiger partial charge < -0.3 is 5.11 Å². The zero-order chi connectivity index (χ0) is 20.5. The van der Waals surface area contributed by atoms with Gasteiger partial charge in [0.1, 0.15) is 0 Å². The van der Waals surface area contributed by atoms with Gasteiger partial charge in [0.25, 0.3) is 0 Å². The van der Waals surface area contributed by atoms with Crippen LogP contribution in [0.15, 0.2) is 72.8 Å². The van der Waals surface area contributed by atoms with Gasteiger partial charge in [0.05, 0.1) is 0 Å². The molecule has 31 heavy (non-hydrogen) atoms. The van der Waals surface area contributed by atoms with E-state index in [2.05, 4.69) is 72.8 Å². The minimum absolute atomic E-state index is 0.253. The number of hydrogen-bond donors (Lipinski definition) is 1. The van der Waals surface area contributed by atoms with Crippen LogP contribution in [0.2, 0.25) is 0 Å². The average Bonchev–Trinajstić information content (AvgIpc) is 3.47. The molecule has 4 aromatic rings. The van der Waals surface area contributed by atoms with Gasteiger partial charge in [-0.3, -0.25) is 0 Å². The Hall–Kier alpha value is -3.16. The van der Waals surface area contributed by atoms with Gasteiger partial charge in [-0.25, -0.2) is 0 Å². The summed E-state index contributed by atoms with van der Waals surface area (Å²) in [6, 6.07) is 27.0. The van der Waals surface area contributed by atoms with Crippen LogP contribution in [-0.4, -0.2) is 11.7 Å². The molecule has 0 spiro atoms. The van der Waals surface area contributed by atoms with Gasteiger partial charge in [-0.15, -0.1) is 0 Å². The Morgan fingerprint density at radius 1 is 0.645 bits per heavy atom. The highest BCUT2D eigenvalue weighted by molar-refractivity contribution is 6.01. The molecule has 1 heteroatoms. The van der Waals surface area contributed by atoms with Crippen LogP contribution in [0.1, 0.15) is 52.1 Å². The first-order chi connectivity index (χ1) is 15.4. The van der Waals surface area contributed by atoms with Crippen LogP contribution in [0.4, 0.5) is 0 Å².